The second-order valence-electron chi connectivity index (χ2n) is 5.48. The Kier molecular flexibility index (Phi) is 6.65. The highest BCUT2D eigenvalue weighted by molar-refractivity contribution is 7.90. The molecule has 1 aromatic heterocycles. The maximum absolute atomic E-state index is 12.1. The van der Waals surface area contributed by atoms with Gasteiger partial charge in [-0.2, -0.15) is 0 Å². The first-order valence-corrected chi connectivity index (χ1v) is 7.88. The highest BCUT2D eigenvalue weighted by Crippen LogP contribution is 2.26. The first kappa shape index (κ1) is 18.4. The molecule has 1 aromatic rings. The van der Waals surface area contributed by atoms with E-state index in [0.29, 0.717) is 5.56 Å². The molecule has 120 valence electrons. The van der Waals surface area contributed by atoms with Crippen LogP contribution in [0.4, 0.5) is 8.78 Å². The minimum Gasteiger partial charge on any atom is -0.598 e. The van der Waals surface area contributed by atoms with Crippen molar-refractivity contribution in [3.05, 3.63) is 22.8 Å². The van der Waals surface area contributed by atoms with Crippen LogP contribution in [0.25, 0.3) is 0 Å². The zero-order valence-electron chi connectivity index (χ0n) is 12.3. The Morgan fingerprint density at radius 3 is 2.57 bits per heavy atom. The molecule has 0 aliphatic carbocycles. The van der Waals surface area contributed by atoms with Gasteiger partial charge in [0.25, 0.3) is 6.43 Å². The van der Waals surface area contributed by atoms with Gasteiger partial charge in [-0.3, -0.25) is 0 Å². The van der Waals surface area contributed by atoms with Gasteiger partial charge in [0.1, 0.15) is 9.77 Å². The Morgan fingerprint density at radius 2 is 2.10 bits per heavy atom. The van der Waals surface area contributed by atoms with Gasteiger partial charge < -0.3 is 9.29 Å². The van der Waals surface area contributed by atoms with E-state index in [2.05, 4.69) is 9.71 Å². The standard InChI is InChI=1S/C13H19ClF2N2O2S/c1-8(18-21(19)13(2,3)4)9-5-10(14)12(17-6-9)20-7-11(15)16/h5-6,8,11,18H,7H2,1-4H3/t8-,21-/m1/s1. The second kappa shape index (κ2) is 7.58. The van der Waals surface area contributed by atoms with Crippen LogP contribution in [0.1, 0.15) is 39.3 Å². The molecule has 0 bridgehead atoms. The Hall–Kier alpha value is -0.630. The summed E-state index contributed by atoms with van der Waals surface area (Å²) in [5.41, 5.74) is 0.696. The van der Waals surface area contributed by atoms with Crippen LogP contribution < -0.4 is 9.46 Å². The average molecular weight is 341 g/mol. The van der Waals surface area contributed by atoms with Crippen LogP contribution in [-0.4, -0.2) is 27.3 Å². The largest absolute Gasteiger partial charge is 0.598 e. The number of hydrogen-bond acceptors (Lipinski definition) is 4. The fourth-order valence-corrected chi connectivity index (χ4v) is 2.37. The van der Waals surface area contributed by atoms with Gasteiger partial charge in [-0.1, -0.05) is 11.6 Å². The van der Waals surface area contributed by atoms with Crippen LogP contribution in [0.2, 0.25) is 5.02 Å². The number of rotatable bonds is 6. The molecule has 0 aromatic carbocycles. The summed E-state index contributed by atoms with van der Waals surface area (Å²) in [5.74, 6) is -0.0372. The van der Waals surface area contributed by atoms with Crippen molar-refractivity contribution < 1.29 is 18.1 Å². The number of alkyl halides is 2. The number of halogens is 3. The van der Waals surface area contributed by atoms with Crippen molar-refractivity contribution in [1.82, 2.24) is 9.71 Å². The van der Waals surface area contributed by atoms with Crippen molar-refractivity contribution in [2.75, 3.05) is 6.61 Å². The molecule has 0 amide bonds. The molecular weight excluding hydrogens is 322 g/mol. The van der Waals surface area contributed by atoms with Gasteiger partial charge in [0, 0.05) is 17.6 Å². The van der Waals surface area contributed by atoms with E-state index in [0.717, 1.165) is 0 Å². The van der Waals surface area contributed by atoms with E-state index >= 15 is 0 Å². The summed E-state index contributed by atoms with van der Waals surface area (Å²) in [6, 6.07) is 1.31. The summed E-state index contributed by atoms with van der Waals surface area (Å²) in [5, 5.41) is 0.142. The van der Waals surface area contributed by atoms with Gasteiger partial charge in [-0.25, -0.2) is 13.8 Å². The Balaban J connectivity index is 2.74. The minimum absolute atomic E-state index is 0.0372. The highest BCUT2D eigenvalue weighted by Gasteiger charge is 2.28. The van der Waals surface area contributed by atoms with Crippen LogP contribution in [0, 0.1) is 0 Å². The third kappa shape index (κ3) is 5.94. The Bertz CT molecular complexity index is 472. The molecule has 0 radical (unpaired) electrons. The second-order valence-corrected chi connectivity index (χ2v) is 7.88. The molecule has 0 aliphatic rings. The first-order valence-electron chi connectivity index (χ1n) is 6.35. The fraction of sp³-hybridized carbons (Fsp3) is 0.615. The van der Waals surface area contributed by atoms with E-state index in [9.17, 15) is 13.3 Å². The highest BCUT2D eigenvalue weighted by atomic mass is 35.5. The molecule has 0 fully saturated rings. The minimum atomic E-state index is -2.59. The molecule has 0 spiro atoms. The molecule has 1 heterocycles. The van der Waals surface area contributed by atoms with Crippen molar-refractivity contribution in [3.63, 3.8) is 0 Å². The van der Waals surface area contributed by atoms with E-state index in [1.807, 2.05) is 27.7 Å². The zero-order valence-corrected chi connectivity index (χ0v) is 13.9. The summed E-state index contributed by atoms with van der Waals surface area (Å²) in [6.07, 6.45) is -1.12. The predicted molar refractivity (Wildman–Crippen MR) is 80.2 cm³/mol. The molecule has 1 rings (SSSR count). The summed E-state index contributed by atoms with van der Waals surface area (Å²) >= 11 is 4.71. The van der Waals surface area contributed by atoms with Crippen LogP contribution in [0.3, 0.4) is 0 Å². The maximum atomic E-state index is 12.1. The Labute approximate surface area is 131 Å². The third-order valence-corrected chi connectivity index (χ3v) is 4.47. The number of ether oxygens (including phenoxy) is 1. The SMILES string of the molecule is C[C@@H](N[S@+]([O-])C(C)(C)C)c1cnc(OCC(F)F)c(Cl)c1. The van der Waals surface area contributed by atoms with E-state index in [1.165, 1.54) is 6.20 Å². The molecule has 1 N–H and O–H groups in total. The third-order valence-electron chi connectivity index (χ3n) is 2.51. The van der Waals surface area contributed by atoms with E-state index in [-0.39, 0.29) is 16.9 Å². The van der Waals surface area contributed by atoms with E-state index in [4.69, 9.17) is 16.3 Å². The summed E-state index contributed by atoms with van der Waals surface area (Å²) < 4.78 is 43.5. The van der Waals surface area contributed by atoms with Gasteiger partial charge in [-0.15, -0.1) is 4.72 Å². The molecule has 4 nitrogen and oxygen atoms in total. The van der Waals surface area contributed by atoms with E-state index in [1.54, 1.807) is 6.07 Å². The van der Waals surface area contributed by atoms with Gasteiger partial charge in [0.2, 0.25) is 5.88 Å². The number of hydrogen-bond donors (Lipinski definition) is 1. The van der Waals surface area contributed by atoms with Crippen molar-refractivity contribution in [3.8, 4) is 5.88 Å². The lowest BCUT2D eigenvalue weighted by Gasteiger charge is -2.26. The molecule has 0 saturated heterocycles. The molecule has 0 unspecified atom stereocenters. The lowest BCUT2D eigenvalue weighted by molar-refractivity contribution is 0.0796. The van der Waals surface area contributed by atoms with Crippen molar-refractivity contribution in [2.24, 2.45) is 0 Å². The van der Waals surface area contributed by atoms with E-state index < -0.39 is 29.1 Å². The first-order chi connectivity index (χ1) is 9.61. The van der Waals surface area contributed by atoms with Crippen molar-refractivity contribution >= 4 is 23.0 Å². The van der Waals surface area contributed by atoms with Gasteiger partial charge in [0.15, 0.2) is 6.61 Å². The number of nitrogens with one attached hydrogen (secondary N) is 1. The summed E-state index contributed by atoms with van der Waals surface area (Å²) in [7, 11) is 0. The van der Waals surface area contributed by atoms with Gasteiger partial charge in [0.05, 0.1) is 6.04 Å². The number of pyridine rings is 1. The summed E-state index contributed by atoms with van der Waals surface area (Å²) in [6.45, 7) is 6.63. The van der Waals surface area contributed by atoms with Crippen LogP contribution >= 0.6 is 11.6 Å². The normalized spacial score (nSPS) is 15.1. The lowest BCUT2D eigenvalue weighted by atomic mass is 10.2. The molecule has 0 saturated carbocycles. The molecule has 8 heteroatoms. The van der Waals surface area contributed by atoms with Gasteiger partial charge >= 0.3 is 0 Å². The molecular formula is C13H19ClF2N2O2S. The fourth-order valence-electron chi connectivity index (χ4n) is 1.33. The van der Waals surface area contributed by atoms with Crippen LogP contribution in [-0.2, 0) is 11.4 Å². The lowest BCUT2D eigenvalue weighted by Crippen LogP contribution is -2.40. The monoisotopic (exact) mass is 340 g/mol. The molecule has 2 atom stereocenters. The predicted octanol–water partition coefficient (Wildman–Crippen LogP) is 3.49. The van der Waals surface area contributed by atoms with Crippen molar-refractivity contribution in [1.29, 1.82) is 0 Å². The number of aromatic nitrogens is 1. The quantitative estimate of drug-likeness (QED) is 0.805. The zero-order chi connectivity index (χ0) is 16.2. The average Bonchev–Trinajstić information content (AvgIpc) is 2.35. The number of nitrogens with zero attached hydrogens (tertiary/aromatic N) is 1. The maximum Gasteiger partial charge on any atom is 0.272 e. The smallest absolute Gasteiger partial charge is 0.272 e. The molecule has 21 heavy (non-hydrogen) atoms. The van der Waals surface area contributed by atoms with Crippen LogP contribution in [0.5, 0.6) is 5.88 Å². The summed E-state index contributed by atoms with van der Waals surface area (Å²) in [4.78, 5) is 3.91. The van der Waals surface area contributed by atoms with Gasteiger partial charge in [-0.05, 0) is 39.3 Å². The Morgan fingerprint density at radius 1 is 1.48 bits per heavy atom. The molecule has 0 aliphatic heterocycles. The topological polar surface area (TPSA) is 57.2 Å². The van der Waals surface area contributed by atoms with Crippen LogP contribution in [0.15, 0.2) is 12.3 Å². The van der Waals surface area contributed by atoms with Crippen molar-refractivity contribution in [2.45, 2.75) is 44.9 Å².